The molecule has 0 aliphatic carbocycles. The number of nitrogens with one attached hydrogen (secondary N) is 1. The van der Waals surface area contributed by atoms with E-state index in [9.17, 15) is 9.59 Å². The lowest BCUT2D eigenvalue weighted by Gasteiger charge is -2.23. The van der Waals surface area contributed by atoms with Gasteiger partial charge in [-0.1, -0.05) is 31.0 Å². The Morgan fingerprint density at radius 3 is 2.34 bits per heavy atom. The molecule has 1 N–H and O–H groups in total. The molecule has 1 aliphatic rings. The number of carbonyl (C=O) groups excluding carboxylic acids is 2. The molecule has 152 valence electrons. The molecule has 3 rings (SSSR count). The average Bonchev–Trinajstić information content (AvgIpc) is 3.06. The summed E-state index contributed by atoms with van der Waals surface area (Å²) in [6.45, 7) is 1.36. The van der Waals surface area contributed by atoms with E-state index in [1.165, 1.54) is 0 Å². The maximum Gasteiger partial charge on any atom is 0.271 e. The molecule has 1 saturated heterocycles. The second kappa shape index (κ2) is 10.2. The first-order valence-electron chi connectivity index (χ1n) is 9.65. The molecule has 0 bridgehead atoms. The molecule has 2 heterocycles. The summed E-state index contributed by atoms with van der Waals surface area (Å²) in [5.41, 5.74) is 1.34. The van der Waals surface area contributed by atoms with Crippen molar-refractivity contribution in [1.29, 1.82) is 0 Å². The molecule has 1 aliphatic heterocycles. The molecule has 0 unspecified atom stereocenters. The van der Waals surface area contributed by atoms with Crippen LogP contribution in [0.25, 0.3) is 4.48 Å². The number of para-hydroxylation sites is 1. The number of pyridine rings is 1. The summed E-state index contributed by atoms with van der Waals surface area (Å²) in [5.74, 6) is 0.0446. The van der Waals surface area contributed by atoms with Crippen molar-refractivity contribution in [2.45, 2.75) is 25.7 Å². The number of carbonyl (C=O) groups is 2. The van der Waals surface area contributed by atoms with Crippen LogP contribution in [-0.4, -0.2) is 41.9 Å². The van der Waals surface area contributed by atoms with Crippen LogP contribution in [0.1, 0.15) is 41.6 Å². The first-order chi connectivity index (χ1) is 14.1. The van der Waals surface area contributed by atoms with Gasteiger partial charge in [-0.3, -0.25) is 14.6 Å². The smallest absolute Gasteiger partial charge is 0.271 e. The lowest BCUT2D eigenvalue weighted by Crippen LogP contribution is -2.39. The summed E-state index contributed by atoms with van der Waals surface area (Å²) in [6, 6.07) is 10.6. The van der Waals surface area contributed by atoms with E-state index in [0.29, 0.717) is 34.4 Å². The summed E-state index contributed by atoms with van der Waals surface area (Å²) in [4.78, 5) is 32.0. The Labute approximate surface area is 179 Å². The Morgan fingerprint density at radius 2 is 1.69 bits per heavy atom. The molecule has 1 aromatic heterocycles. The van der Waals surface area contributed by atoms with E-state index in [1.54, 1.807) is 31.6 Å². The highest BCUT2D eigenvalue weighted by Gasteiger charge is 2.25. The quantitative estimate of drug-likeness (QED) is 0.688. The highest BCUT2D eigenvalue weighted by Crippen LogP contribution is 2.33. The van der Waals surface area contributed by atoms with Crippen molar-refractivity contribution >= 4 is 32.2 Å². The van der Waals surface area contributed by atoms with Gasteiger partial charge in [-0.05, 0) is 47.0 Å². The Kier molecular flexibility index (Phi) is 7.41. The van der Waals surface area contributed by atoms with E-state index < -0.39 is 0 Å². The summed E-state index contributed by atoms with van der Waals surface area (Å²) < 4.78 is 5.93. The standard InChI is InChI=1S/C22H24BrN3O3/c1-29-18-9-5-4-8-17(18)19(23)20(22(28)26-14-6-2-3-7-15-26)25-21(27)16-10-12-24-13-11-16/h4-5,8-13H,2-3,6-7,14-15H2,1H3,(H,25,27)/b20-19+. The third-order valence-electron chi connectivity index (χ3n) is 4.85. The summed E-state index contributed by atoms with van der Waals surface area (Å²) in [6.07, 6.45) is 7.24. The van der Waals surface area contributed by atoms with E-state index in [1.807, 2.05) is 29.2 Å². The van der Waals surface area contributed by atoms with Crippen LogP contribution in [0.4, 0.5) is 0 Å². The molecule has 29 heavy (non-hydrogen) atoms. The predicted octanol–water partition coefficient (Wildman–Crippen LogP) is 3.99. The summed E-state index contributed by atoms with van der Waals surface area (Å²) in [5, 5.41) is 2.82. The van der Waals surface area contributed by atoms with Gasteiger partial charge >= 0.3 is 0 Å². The number of likely N-dealkylation sites (tertiary alicyclic amines) is 1. The van der Waals surface area contributed by atoms with Gasteiger partial charge in [0.1, 0.15) is 11.4 Å². The Morgan fingerprint density at radius 1 is 1.03 bits per heavy atom. The van der Waals surface area contributed by atoms with Crippen LogP contribution in [-0.2, 0) is 4.79 Å². The van der Waals surface area contributed by atoms with Crippen LogP contribution in [0.3, 0.4) is 0 Å². The van der Waals surface area contributed by atoms with Crippen LogP contribution in [0.5, 0.6) is 5.75 Å². The molecule has 0 saturated carbocycles. The van der Waals surface area contributed by atoms with Crippen LogP contribution in [0.2, 0.25) is 0 Å². The van der Waals surface area contributed by atoms with Crippen molar-refractivity contribution in [3.63, 3.8) is 0 Å². The normalized spacial score (nSPS) is 15.2. The second-order valence-corrected chi connectivity index (χ2v) is 7.58. The molecule has 7 heteroatoms. The van der Waals surface area contributed by atoms with Gasteiger partial charge in [-0.2, -0.15) is 0 Å². The molecule has 6 nitrogen and oxygen atoms in total. The van der Waals surface area contributed by atoms with E-state index in [0.717, 1.165) is 25.7 Å². The van der Waals surface area contributed by atoms with E-state index in [-0.39, 0.29) is 17.5 Å². The topological polar surface area (TPSA) is 71.5 Å². The van der Waals surface area contributed by atoms with Gasteiger partial charge in [0.15, 0.2) is 0 Å². The Balaban J connectivity index is 2.00. The monoisotopic (exact) mass is 457 g/mol. The molecular weight excluding hydrogens is 434 g/mol. The van der Waals surface area contributed by atoms with Crippen molar-refractivity contribution in [2.24, 2.45) is 0 Å². The highest BCUT2D eigenvalue weighted by atomic mass is 79.9. The van der Waals surface area contributed by atoms with Gasteiger partial charge in [0.05, 0.1) is 11.6 Å². The van der Waals surface area contributed by atoms with Gasteiger partial charge < -0.3 is 15.0 Å². The van der Waals surface area contributed by atoms with E-state index in [4.69, 9.17) is 4.74 Å². The van der Waals surface area contributed by atoms with Crippen molar-refractivity contribution in [3.05, 3.63) is 65.6 Å². The number of methoxy groups -OCH3 is 1. The minimum Gasteiger partial charge on any atom is -0.496 e. The minimum absolute atomic E-state index is 0.202. The fourth-order valence-electron chi connectivity index (χ4n) is 3.28. The molecule has 1 aromatic carbocycles. The zero-order valence-corrected chi connectivity index (χ0v) is 17.9. The van der Waals surface area contributed by atoms with Crippen molar-refractivity contribution in [3.8, 4) is 5.75 Å². The number of rotatable bonds is 5. The fourth-order valence-corrected chi connectivity index (χ4v) is 3.88. The van der Waals surface area contributed by atoms with Crippen molar-refractivity contribution in [1.82, 2.24) is 15.2 Å². The molecule has 0 radical (unpaired) electrons. The predicted molar refractivity (Wildman–Crippen MR) is 116 cm³/mol. The molecular formula is C22H24BrN3O3. The average molecular weight is 458 g/mol. The maximum absolute atomic E-state index is 13.4. The number of benzene rings is 1. The molecule has 2 aromatic rings. The number of hydrogen-bond acceptors (Lipinski definition) is 4. The lowest BCUT2D eigenvalue weighted by atomic mass is 10.1. The zero-order valence-electron chi connectivity index (χ0n) is 16.4. The van der Waals surface area contributed by atoms with Crippen molar-refractivity contribution in [2.75, 3.05) is 20.2 Å². The van der Waals surface area contributed by atoms with E-state index >= 15 is 0 Å². The second-order valence-electron chi connectivity index (χ2n) is 6.79. The molecule has 0 spiro atoms. The zero-order chi connectivity index (χ0) is 20.6. The lowest BCUT2D eigenvalue weighted by molar-refractivity contribution is -0.127. The Hall–Kier alpha value is -2.67. The minimum atomic E-state index is -0.364. The molecule has 2 amide bonds. The maximum atomic E-state index is 13.4. The number of amides is 2. The molecule has 1 fully saturated rings. The largest absolute Gasteiger partial charge is 0.496 e. The van der Waals surface area contributed by atoms with Gasteiger partial charge in [-0.25, -0.2) is 0 Å². The number of nitrogens with zero attached hydrogens (tertiary/aromatic N) is 2. The van der Waals surface area contributed by atoms with Gasteiger partial charge in [0, 0.05) is 36.6 Å². The van der Waals surface area contributed by atoms with Crippen molar-refractivity contribution < 1.29 is 14.3 Å². The number of halogens is 1. The molecule has 0 atom stereocenters. The first kappa shape index (κ1) is 21.0. The summed E-state index contributed by atoms with van der Waals surface area (Å²) in [7, 11) is 1.57. The van der Waals surface area contributed by atoms with Crippen LogP contribution in [0.15, 0.2) is 54.5 Å². The van der Waals surface area contributed by atoms with Gasteiger partial charge in [0.2, 0.25) is 0 Å². The third-order valence-corrected chi connectivity index (χ3v) is 5.67. The van der Waals surface area contributed by atoms with Crippen LogP contribution < -0.4 is 10.1 Å². The van der Waals surface area contributed by atoms with Gasteiger partial charge in [0.25, 0.3) is 11.8 Å². The fraction of sp³-hybridized carbons (Fsp3) is 0.318. The van der Waals surface area contributed by atoms with Gasteiger partial charge in [-0.15, -0.1) is 0 Å². The van der Waals surface area contributed by atoms with Crippen LogP contribution in [0, 0.1) is 0 Å². The number of hydrogen-bond donors (Lipinski definition) is 1. The SMILES string of the molecule is COc1ccccc1/C(Br)=C(\NC(=O)c1ccncc1)C(=O)N1CCCCCC1. The third kappa shape index (κ3) is 5.23. The Bertz CT molecular complexity index is 891. The summed E-state index contributed by atoms with van der Waals surface area (Å²) >= 11 is 3.56. The highest BCUT2D eigenvalue weighted by molar-refractivity contribution is 9.15. The number of ether oxygens (including phenoxy) is 1. The number of aromatic nitrogens is 1. The first-order valence-corrected chi connectivity index (χ1v) is 10.4. The van der Waals surface area contributed by atoms with Crippen LogP contribution >= 0.6 is 15.9 Å². The van der Waals surface area contributed by atoms with E-state index in [2.05, 4.69) is 26.2 Å².